The Balaban J connectivity index is 1.46. The predicted octanol–water partition coefficient (Wildman–Crippen LogP) is 3.88. The zero-order chi connectivity index (χ0) is 17.9. The maximum atomic E-state index is 6.32. The van der Waals surface area contributed by atoms with Crippen molar-refractivity contribution in [2.75, 3.05) is 13.2 Å². The van der Waals surface area contributed by atoms with Gasteiger partial charge in [-0.3, -0.25) is 0 Å². The van der Waals surface area contributed by atoms with E-state index < -0.39 is 0 Å². The summed E-state index contributed by atoms with van der Waals surface area (Å²) in [6, 6.07) is 11.5. The molecule has 2 aromatic carbocycles. The summed E-state index contributed by atoms with van der Waals surface area (Å²) in [6.07, 6.45) is 2.38. The van der Waals surface area contributed by atoms with Gasteiger partial charge in [-0.2, -0.15) is 5.10 Å². The third-order valence-corrected chi connectivity index (χ3v) is 4.37. The van der Waals surface area contributed by atoms with E-state index >= 15 is 0 Å². The Labute approximate surface area is 156 Å². The van der Waals surface area contributed by atoms with E-state index in [2.05, 4.69) is 10.1 Å². The highest BCUT2D eigenvalue weighted by Gasteiger charge is 2.16. The monoisotopic (exact) mass is 371 g/mol. The number of aromatic nitrogens is 3. The van der Waals surface area contributed by atoms with E-state index in [4.69, 9.17) is 25.8 Å². The minimum absolute atomic E-state index is 0.389. The van der Waals surface area contributed by atoms with Crippen LogP contribution in [-0.4, -0.2) is 28.0 Å². The molecule has 2 heterocycles. The predicted molar refractivity (Wildman–Crippen MR) is 97.8 cm³/mol. The number of hydrogen-bond acceptors (Lipinski definition) is 5. The zero-order valence-corrected chi connectivity index (χ0v) is 15.1. The summed E-state index contributed by atoms with van der Waals surface area (Å²) in [5.41, 5.74) is 1.91. The third kappa shape index (κ3) is 3.46. The molecule has 0 radical (unpaired) electrons. The van der Waals surface area contributed by atoms with Crippen molar-refractivity contribution in [3.8, 4) is 28.6 Å². The number of rotatable bonds is 4. The topological polar surface area (TPSA) is 58.4 Å². The van der Waals surface area contributed by atoms with E-state index in [9.17, 15) is 0 Å². The van der Waals surface area contributed by atoms with Gasteiger partial charge in [0.05, 0.1) is 18.2 Å². The summed E-state index contributed by atoms with van der Waals surface area (Å²) in [6.45, 7) is 1.62. The molecule has 0 amide bonds. The lowest BCUT2D eigenvalue weighted by molar-refractivity contribution is 0.295. The Morgan fingerprint density at radius 1 is 1.15 bits per heavy atom. The Morgan fingerprint density at radius 3 is 2.73 bits per heavy atom. The van der Waals surface area contributed by atoms with Gasteiger partial charge in [0.2, 0.25) is 0 Å². The van der Waals surface area contributed by atoms with Gasteiger partial charge in [-0.25, -0.2) is 9.67 Å². The second kappa shape index (κ2) is 7.25. The fourth-order valence-electron chi connectivity index (χ4n) is 2.79. The first-order valence-electron chi connectivity index (χ1n) is 8.36. The highest BCUT2D eigenvalue weighted by Crippen LogP contribution is 2.38. The van der Waals surface area contributed by atoms with Crippen molar-refractivity contribution in [1.29, 1.82) is 0 Å². The quantitative estimate of drug-likeness (QED) is 0.696. The minimum atomic E-state index is 0.389. The van der Waals surface area contributed by atoms with Gasteiger partial charge in [0.1, 0.15) is 18.7 Å². The molecule has 0 saturated carbocycles. The Kier molecular flexibility index (Phi) is 4.67. The van der Waals surface area contributed by atoms with Crippen molar-refractivity contribution in [2.45, 2.75) is 13.0 Å². The van der Waals surface area contributed by atoms with Crippen molar-refractivity contribution >= 4 is 11.6 Å². The molecule has 134 valence electrons. The van der Waals surface area contributed by atoms with E-state index in [0.717, 1.165) is 29.1 Å². The highest BCUT2D eigenvalue weighted by molar-refractivity contribution is 6.32. The first-order valence-corrected chi connectivity index (χ1v) is 8.74. The molecule has 0 spiro atoms. The molecule has 0 N–H and O–H groups in total. The van der Waals surface area contributed by atoms with Gasteiger partial charge in [0, 0.05) is 19.0 Å². The van der Waals surface area contributed by atoms with Gasteiger partial charge in [-0.15, -0.1) is 0 Å². The van der Waals surface area contributed by atoms with Crippen molar-refractivity contribution in [3.05, 3.63) is 53.3 Å². The molecule has 1 aliphatic heterocycles. The molecule has 0 saturated heterocycles. The van der Waals surface area contributed by atoms with E-state index in [1.165, 1.54) is 6.33 Å². The molecule has 1 aromatic heterocycles. The summed E-state index contributed by atoms with van der Waals surface area (Å²) in [4.78, 5) is 4.24. The number of fused-ring (bicyclic) bond motifs is 1. The average molecular weight is 372 g/mol. The fraction of sp³-hybridized carbons (Fsp3) is 0.263. The van der Waals surface area contributed by atoms with Gasteiger partial charge in [0.15, 0.2) is 17.3 Å². The van der Waals surface area contributed by atoms with Crippen LogP contribution in [0, 0.1) is 0 Å². The SMILES string of the molecule is Cn1ncnc1-c1ccc(OCc2cc(Cl)c3c(c2)OCCCO3)cc1. The molecule has 1 aliphatic rings. The molecule has 7 heteroatoms. The smallest absolute Gasteiger partial charge is 0.179 e. The average Bonchev–Trinajstić information content (AvgIpc) is 2.93. The normalized spacial score (nSPS) is 13.3. The van der Waals surface area contributed by atoms with Gasteiger partial charge in [-0.05, 0) is 42.0 Å². The van der Waals surface area contributed by atoms with Crippen LogP contribution in [0.2, 0.25) is 5.02 Å². The van der Waals surface area contributed by atoms with Gasteiger partial charge in [-0.1, -0.05) is 11.6 Å². The van der Waals surface area contributed by atoms with Crippen molar-refractivity contribution in [1.82, 2.24) is 14.8 Å². The van der Waals surface area contributed by atoms with Crippen LogP contribution in [0.3, 0.4) is 0 Å². The van der Waals surface area contributed by atoms with Crippen molar-refractivity contribution in [3.63, 3.8) is 0 Å². The molecule has 0 unspecified atom stereocenters. The molecule has 0 aliphatic carbocycles. The number of halogens is 1. The summed E-state index contributed by atoms with van der Waals surface area (Å²) in [5.74, 6) is 2.86. The first-order chi connectivity index (χ1) is 12.7. The molecule has 0 fully saturated rings. The lowest BCUT2D eigenvalue weighted by Crippen LogP contribution is -1.99. The summed E-state index contributed by atoms with van der Waals surface area (Å²) >= 11 is 6.32. The number of hydrogen-bond donors (Lipinski definition) is 0. The summed E-state index contributed by atoms with van der Waals surface area (Å²) in [7, 11) is 1.86. The molecular formula is C19H18ClN3O3. The van der Waals surface area contributed by atoms with Crippen LogP contribution >= 0.6 is 11.6 Å². The zero-order valence-electron chi connectivity index (χ0n) is 14.3. The second-order valence-corrected chi connectivity index (χ2v) is 6.38. The van der Waals surface area contributed by atoms with Crippen LogP contribution in [0.1, 0.15) is 12.0 Å². The number of nitrogens with zero attached hydrogens (tertiary/aromatic N) is 3. The Bertz CT molecular complexity index is 909. The fourth-order valence-corrected chi connectivity index (χ4v) is 3.08. The number of aryl methyl sites for hydroxylation is 1. The molecule has 0 atom stereocenters. The Morgan fingerprint density at radius 2 is 1.96 bits per heavy atom. The van der Waals surface area contributed by atoms with Crippen molar-refractivity contribution < 1.29 is 14.2 Å². The van der Waals surface area contributed by atoms with Gasteiger partial charge < -0.3 is 14.2 Å². The Hall–Kier alpha value is -2.73. The number of ether oxygens (including phenoxy) is 3. The van der Waals surface area contributed by atoms with E-state index in [1.807, 2.05) is 43.4 Å². The van der Waals surface area contributed by atoms with Crippen LogP contribution in [0.15, 0.2) is 42.7 Å². The van der Waals surface area contributed by atoms with Gasteiger partial charge in [0.25, 0.3) is 0 Å². The van der Waals surface area contributed by atoms with E-state index in [-0.39, 0.29) is 0 Å². The second-order valence-electron chi connectivity index (χ2n) is 5.98. The van der Waals surface area contributed by atoms with Crippen LogP contribution in [0.4, 0.5) is 0 Å². The van der Waals surface area contributed by atoms with Crippen LogP contribution in [-0.2, 0) is 13.7 Å². The lowest BCUT2D eigenvalue weighted by atomic mass is 10.2. The standard InChI is InChI=1S/C19H18ClN3O3/c1-23-19(21-12-22-23)14-3-5-15(6-4-14)26-11-13-9-16(20)18-17(10-13)24-7-2-8-25-18/h3-6,9-10,12H,2,7-8,11H2,1H3. The molecule has 4 rings (SSSR count). The van der Waals surface area contributed by atoms with Crippen LogP contribution in [0.5, 0.6) is 17.2 Å². The molecule has 3 aromatic rings. The maximum Gasteiger partial charge on any atom is 0.179 e. The molecular weight excluding hydrogens is 354 g/mol. The van der Waals surface area contributed by atoms with Gasteiger partial charge >= 0.3 is 0 Å². The summed E-state index contributed by atoms with van der Waals surface area (Å²) in [5, 5.41) is 4.62. The highest BCUT2D eigenvalue weighted by atomic mass is 35.5. The van der Waals surface area contributed by atoms with E-state index in [1.54, 1.807) is 4.68 Å². The van der Waals surface area contributed by atoms with Crippen molar-refractivity contribution in [2.24, 2.45) is 7.05 Å². The largest absolute Gasteiger partial charge is 0.489 e. The molecule has 6 nitrogen and oxygen atoms in total. The maximum absolute atomic E-state index is 6.32. The number of benzene rings is 2. The van der Waals surface area contributed by atoms with E-state index in [0.29, 0.717) is 36.3 Å². The minimum Gasteiger partial charge on any atom is -0.489 e. The lowest BCUT2D eigenvalue weighted by Gasteiger charge is -2.12. The third-order valence-electron chi connectivity index (χ3n) is 4.09. The molecule has 0 bridgehead atoms. The first kappa shape index (κ1) is 16.7. The van der Waals surface area contributed by atoms with Crippen LogP contribution < -0.4 is 14.2 Å². The molecule has 26 heavy (non-hydrogen) atoms. The summed E-state index contributed by atoms with van der Waals surface area (Å²) < 4.78 is 19.0. The van der Waals surface area contributed by atoms with Crippen LogP contribution in [0.25, 0.3) is 11.4 Å².